The molecule has 1 atom stereocenters. The van der Waals surface area contributed by atoms with Crippen LogP contribution >= 0.6 is 0 Å². The summed E-state index contributed by atoms with van der Waals surface area (Å²) in [7, 11) is -2.73. The van der Waals surface area contributed by atoms with Gasteiger partial charge in [-0.15, -0.1) is 0 Å². The van der Waals surface area contributed by atoms with Crippen molar-refractivity contribution in [3.63, 3.8) is 0 Å². The molecule has 31 heavy (non-hydrogen) atoms. The van der Waals surface area contributed by atoms with E-state index in [4.69, 9.17) is 4.74 Å². The molecule has 1 aromatic rings. The van der Waals surface area contributed by atoms with Crippen molar-refractivity contribution in [3.8, 4) is 11.8 Å². The lowest BCUT2D eigenvalue weighted by Gasteiger charge is -2.38. The second-order valence-corrected chi connectivity index (χ2v) is 9.88. The van der Waals surface area contributed by atoms with Crippen molar-refractivity contribution in [1.82, 2.24) is 14.5 Å². The van der Waals surface area contributed by atoms with Gasteiger partial charge in [0.15, 0.2) is 0 Å². The van der Waals surface area contributed by atoms with E-state index >= 15 is 0 Å². The molecule has 0 amide bonds. The Kier molecular flexibility index (Phi) is 6.30. The van der Waals surface area contributed by atoms with Crippen molar-refractivity contribution < 1.29 is 17.7 Å². The zero-order valence-corrected chi connectivity index (χ0v) is 19.0. The zero-order chi connectivity index (χ0) is 22.9. The van der Waals surface area contributed by atoms with Crippen LogP contribution in [-0.4, -0.2) is 53.5 Å². The Balaban J connectivity index is 1.88. The highest BCUT2D eigenvalue weighted by atomic mass is 32.2. The molecule has 2 aliphatic heterocycles. The molecule has 0 saturated heterocycles. The summed E-state index contributed by atoms with van der Waals surface area (Å²) in [6.07, 6.45) is 9.89. The molecule has 0 aliphatic carbocycles. The SMILES string of the molecule is COc1ccc2c(c1)C=CN1C=CC(CC#N)(NCCN(C(C)(C)C)S(=O)(=O)O)C=C21. The summed E-state index contributed by atoms with van der Waals surface area (Å²) >= 11 is 0. The maximum absolute atomic E-state index is 11.8. The summed E-state index contributed by atoms with van der Waals surface area (Å²) in [6.45, 7) is 5.45. The van der Waals surface area contributed by atoms with Crippen LogP contribution in [0.5, 0.6) is 5.75 Å². The van der Waals surface area contributed by atoms with Crippen LogP contribution < -0.4 is 10.1 Å². The lowest BCUT2D eigenvalue weighted by atomic mass is 9.88. The minimum atomic E-state index is -4.36. The molecule has 1 aromatic carbocycles. The Morgan fingerprint density at radius 1 is 1.32 bits per heavy atom. The first-order chi connectivity index (χ1) is 14.5. The van der Waals surface area contributed by atoms with Gasteiger partial charge in [0.2, 0.25) is 0 Å². The van der Waals surface area contributed by atoms with E-state index in [1.807, 2.05) is 53.7 Å². The summed E-state index contributed by atoms with van der Waals surface area (Å²) in [5.74, 6) is 0.762. The number of nitrogens with one attached hydrogen (secondary N) is 1. The van der Waals surface area contributed by atoms with Crippen molar-refractivity contribution in [1.29, 1.82) is 5.26 Å². The monoisotopic (exact) mass is 444 g/mol. The highest BCUT2D eigenvalue weighted by Crippen LogP contribution is 2.37. The van der Waals surface area contributed by atoms with Gasteiger partial charge in [0, 0.05) is 36.6 Å². The van der Waals surface area contributed by atoms with Crippen molar-refractivity contribution >= 4 is 22.1 Å². The first-order valence-corrected chi connectivity index (χ1v) is 11.3. The minimum Gasteiger partial charge on any atom is -0.497 e. The standard InChI is InChI=1S/C22H28N4O4S/c1-21(2,3)26(31(27,28)29)14-11-24-22(8-10-23)9-13-25-12-7-17-15-18(30-4)5-6-19(17)20(25)16-22/h5-7,9,12-13,15-16,24H,8,11,14H2,1-4H3,(H,27,28,29). The van der Waals surface area contributed by atoms with E-state index in [0.717, 1.165) is 26.9 Å². The normalized spacial score (nSPS) is 20.2. The molecule has 8 nitrogen and oxygen atoms in total. The minimum absolute atomic E-state index is 0.0595. The maximum Gasteiger partial charge on any atom is 0.336 e. The number of fused-ring (bicyclic) bond motifs is 3. The molecule has 0 bridgehead atoms. The second-order valence-electron chi connectivity index (χ2n) is 8.54. The van der Waals surface area contributed by atoms with Crippen LogP contribution in [0.1, 0.15) is 38.3 Å². The molecule has 3 rings (SSSR count). The summed E-state index contributed by atoms with van der Waals surface area (Å²) in [6, 6.07) is 8.04. The first-order valence-electron chi connectivity index (χ1n) is 9.93. The van der Waals surface area contributed by atoms with Crippen LogP contribution in [0, 0.1) is 11.3 Å². The van der Waals surface area contributed by atoms with E-state index < -0.39 is 21.4 Å². The molecule has 1 unspecified atom stereocenters. The summed E-state index contributed by atoms with van der Waals surface area (Å²) in [5.41, 5.74) is 1.39. The number of hydrogen-bond donors (Lipinski definition) is 2. The number of nitrogens with zero attached hydrogens (tertiary/aromatic N) is 3. The number of rotatable bonds is 7. The van der Waals surface area contributed by atoms with Gasteiger partial charge in [-0.1, -0.05) is 0 Å². The molecule has 9 heteroatoms. The van der Waals surface area contributed by atoms with E-state index in [1.54, 1.807) is 27.9 Å². The average molecular weight is 445 g/mol. The maximum atomic E-state index is 11.8. The fraction of sp³-hybridized carbons (Fsp3) is 0.409. The predicted octanol–water partition coefficient (Wildman–Crippen LogP) is 3.00. The van der Waals surface area contributed by atoms with Gasteiger partial charge in [-0.3, -0.25) is 4.55 Å². The summed E-state index contributed by atoms with van der Waals surface area (Å²) in [5, 5.41) is 12.8. The van der Waals surface area contributed by atoms with Crippen molar-refractivity contribution in [2.45, 2.75) is 38.3 Å². The fourth-order valence-electron chi connectivity index (χ4n) is 3.81. The quantitative estimate of drug-likeness (QED) is 0.623. The van der Waals surface area contributed by atoms with Gasteiger partial charge in [-0.05, 0) is 62.8 Å². The molecule has 166 valence electrons. The fourth-order valence-corrected chi connectivity index (χ4v) is 4.82. The first kappa shape index (κ1) is 23.0. The zero-order valence-electron chi connectivity index (χ0n) is 18.2. The number of ether oxygens (including phenoxy) is 1. The molecule has 2 heterocycles. The molecule has 0 fully saturated rings. The lowest BCUT2D eigenvalue weighted by Crippen LogP contribution is -2.51. The molecule has 0 aromatic heterocycles. The number of hydrogen-bond acceptors (Lipinski definition) is 6. The van der Waals surface area contributed by atoms with Gasteiger partial charge in [0.25, 0.3) is 0 Å². The van der Waals surface area contributed by atoms with Crippen LogP contribution in [0.2, 0.25) is 0 Å². The average Bonchev–Trinajstić information content (AvgIpc) is 2.69. The van der Waals surface area contributed by atoms with Crippen LogP contribution in [0.15, 0.2) is 42.8 Å². The van der Waals surface area contributed by atoms with Crippen molar-refractivity contribution in [3.05, 3.63) is 53.9 Å². The van der Waals surface area contributed by atoms with Crippen molar-refractivity contribution in [2.75, 3.05) is 20.2 Å². The Morgan fingerprint density at radius 2 is 2.06 bits per heavy atom. The third-order valence-electron chi connectivity index (χ3n) is 5.32. The van der Waals surface area contributed by atoms with E-state index in [0.29, 0.717) is 0 Å². The highest BCUT2D eigenvalue weighted by Gasteiger charge is 2.34. The topological polar surface area (TPSA) is 106 Å². The number of methoxy groups -OCH3 is 1. The summed E-state index contributed by atoms with van der Waals surface area (Å²) < 4.78 is 39.5. The molecule has 0 saturated carbocycles. The van der Waals surface area contributed by atoms with Crippen molar-refractivity contribution in [2.24, 2.45) is 0 Å². The molecule has 2 N–H and O–H groups in total. The third kappa shape index (κ3) is 4.99. The molecule has 0 radical (unpaired) electrons. The summed E-state index contributed by atoms with van der Waals surface area (Å²) in [4.78, 5) is 1.98. The van der Waals surface area contributed by atoms with E-state index in [1.165, 1.54) is 0 Å². The number of nitriles is 1. The van der Waals surface area contributed by atoms with Gasteiger partial charge < -0.3 is 15.0 Å². The predicted molar refractivity (Wildman–Crippen MR) is 120 cm³/mol. The van der Waals surface area contributed by atoms with Crippen LogP contribution in [0.4, 0.5) is 0 Å². The highest BCUT2D eigenvalue weighted by molar-refractivity contribution is 7.83. The molecular weight excluding hydrogens is 416 g/mol. The van der Waals surface area contributed by atoms with Crippen LogP contribution in [-0.2, 0) is 10.3 Å². The van der Waals surface area contributed by atoms with E-state index in [2.05, 4.69) is 11.4 Å². The Hall–Kier alpha value is -2.64. The van der Waals surface area contributed by atoms with Gasteiger partial charge >= 0.3 is 10.3 Å². The molecular formula is C22H28N4O4S. The third-order valence-corrected chi connectivity index (χ3v) is 6.61. The molecule has 2 aliphatic rings. The van der Waals surface area contributed by atoms with Gasteiger partial charge in [0.05, 0.1) is 30.8 Å². The largest absolute Gasteiger partial charge is 0.497 e. The van der Waals surface area contributed by atoms with E-state index in [-0.39, 0.29) is 19.5 Å². The van der Waals surface area contributed by atoms with E-state index in [9.17, 15) is 18.2 Å². The Morgan fingerprint density at radius 3 is 2.68 bits per heavy atom. The molecule has 0 spiro atoms. The smallest absolute Gasteiger partial charge is 0.336 e. The second kappa shape index (κ2) is 8.48. The Bertz CT molecular complexity index is 1080. The Labute approximate surface area is 184 Å². The lowest BCUT2D eigenvalue weighted by molar-refractivity contribution is 0.222. The van der Waals surface area contributed by atoms with Gasteiger partial charge in [-0.25, -0.2) is 0 Å². The van der Waals surface area contributed by atoms with Gasteiger partial charge in [-0.2, -0.15) is 18.0 Å². The van der Waals surface area contributed by atoms with Crippen LogP contribution in [0.25, 0.3) is 11.8 Å². The van der Waals surface area contributed by atoms with Crippen LogP contribution in [0.3, 0.4) is 0 Å². The number of benzene rings is 1. The van der Waals surface area contributed by atoms with Gasteiger partial charge in [0.1, 0.15) is 5.75 Å².